The van der Waals surface area contributed by atoms with E-state index in [1.54, 1.807) is 30.3 Å². The van der Waals surface area contributed by atoms with E-state index in [1.165, 1.54) is 6.08 Å². The van der Waals surface area contributed by atoms with Crippen LogP contribution in [-0.4, -0.2) is 31.8 Å². The Bertz CT molecular complexity index is 264. The van der Waals surface area contributed by atoms with Crippen molar-refractivity contribution < 1.29 is 12.9 Å². The first-order chi connectivity index (χ1) is 6.20. The quantitative estimate of drug-likeness (QED) is 0.433. The molecule has 0 aliphatic carbocycles. The van der Waals surface area contributed by atoms with Gasteiger partial charge in [-0.2, -0.15) is 0 Å². The van der Waals surface area contributed by atoms with Crippen molar-refractivity contribution in [1.29, 1.82) is 0 Å². The van der Waals surface area contributed by atoms with Crippen molar-refractivity contribution in [2.24, 2.45) is 0 Å². The minimum atomic E-state index is -2.47. The predicted octanol–water partition coefficient (Wildman–Crippen LogP) is 1.49. The molecule has 0 aliphatic rings. The molecule has 1 rings (SSSR count). The summed E-state index contributed by atoms with van der Waals surface area (Å²) in [5, 5.41) is 0. The molecule has 1 aromatic rings. The predicted molar refractivity (Wildman–Crippen MR) is 57.3 cm³/mol. The van der Waals surface area contributed by atoms with Crippen LogP contribution in [0.25, 0.3) is 0 Å². The van der Waals surface area contributed by atoms with Gasteiger partial charge in [-0.3, -0.25) is 0 Å². The number of hydrogen-bond acceptors (Lipinski definition) is 3. The Labute approximate surface area is 103 Å². The summed E-state index contributed by atoms with van der Waals surface area (Å²) < 4.78 is 24.2. The van der Waals surface area contributed by atoms with Gasteiger partial charge in [-0.25, -0.2) is 23.8 Å². The molecule has 1 aromatic carbocycles. The molecule has 0 amide bonds. The van der Waals surface area contributed by atoms with Crippen LogP contribution in [0.3, 0.4) is 0 Å². The molecule has 0 aromatic heterocycles. The Morgan fingerprint density at radius 1 is 1.43 bits per heavy atom. The van der Waals surface area contributed by atoms with Gasteiger partial charge >= 0.3 is 23.1 Å². The van der Waals surface area contributed by atoms with Crippen LogP contribution in [0.4, 0.5) is 0 Å². The molecular formula is C9H10MgO3S. The van der Waals surface area contributed by atoms with E-state index >= 15 is 0 Å². The second-order valence-corrected chi connectivity index (χ2v) is 2.46. The summed E-state index contributed by atoms with van der Waals surface area (Å²) in [6.07, 6.45) is 1.50. The van der Waals surface area contributed by atoms with Crippen LogP contribution in [0.5, 0.6) is 5.75 Å². The zero-order valence-electron chi connectivity index (χ0n) is 7.72. The number of rotatable bonds is 2. The van der Waals surface area contributed by atoms with E-state index in [1.807, 2.05) is 0 Å². The molecule has 5 heteroatoms. The second-order valence-electron chi connectivity index (χ2n) is 1.89. The Kier molecular flexibility index (Phi) is 12.1. The summed E-state index contributed by atoms with van der Waals surface area (Å²) in [6, 6.07) is 8.30. The summed E-state index contributed by atoms with van der Waals surface area (Å²) in [4.78, 5) is 0. The smallest absolute Gasteiger partial charge is 0.740 e. The van der Waals surface area contributed by atoms with Crippen LogP contribution in [0, 0.1) is 6.92 Å². The van der Waals surface area contributed by atoms with Crippen LogP contribution >= 0.6 is 0 Å². The van der Waals surface area contributed by atoms with Gasteiger partial charge in [-0.05, 0) is 12.1 Å². The van der Waals surface area contributed by atoms with E-state index in [9.17, 15) is 8.76 Å². The van der Waals surface area contributed by atoms with Crippen molar-refractivity contribution in [2.45, 2.75) is 0 Å². The topological polar surface area (TPSA) is 49.4 Å². The zero-order chi connectivity index (χ0) is 10.1. The molecule has 0 aliphatic heterocycles. The maximum absolute atomic E-state index is 9.95. The molecule has 72 valence electrons. The van der Waals surface area contributed by atoms with Crippen molar-refractivity contribution in [1.82, 2.24) is 0 Å². The standard InChI is InChI=1S/C6H6O3S.C3H5.Mg/c7-10(8)9-6-4-2-1-3-5-6;1-3-2;/h1-5H,(H,7,8);3H,1-2H2;/q;-1;+2/p-1. The van der Waals surface area contributed by atoms with Gasteiger partial charge < -0.3 is 8.74 Å². The summed E-state index contributed by atoms with van der Waals surface area (Å²) in [5.41, 5.74) is 0. The van der Waals surface area contributed by atoms with E-state index in [2.05, 4.69) is 17.7 Å². The van der Waals surface area contributed by atoms with Gasteiger partial charge in [0.2, 0.25) is 0 Å². The van der Waals surface area contributed by atoms with E-state index in [-0.39, 0.29) is 23.1 Å². The van der Waals surface area contributed by atoms with Crippen LogP contribution in [0.2, 0.25) is 0 Å². The molecule has 0 spiro atoms. The molecule has 0 saturated carbocycles. The summed E-state index contributed by atoms with van der Waals surface area (Å²) in [6.45, 7) is 6.50. The normalized spacial score (nSPS) is 9.79. The Hall–Kier alpha value is -0.494. The molecule has 0 saturated heterocycles. The Balaban J connectivity index is 0. The van der Waals surface area contributed by atoms with Gasteiger partial charge in [-0.15, -0.1) is 0 Å². The fourth-order valence-corrected chi connectivity index (χ4v) is 0.823. The van der Waals surface area contributed by atoms with Gasteiger partial charge in [-0.1, -0.05) is 18.2 Å². The van der Waals surface area contributed by atoms with Gasteiger partial charge in [0.25, 0.3) is 0 Å². The minimum Gasteiger partial charge on any atom is -0.740 e. The molecule has 3 nitrogen and oxygen atoms in total. The van der Waals surface area contributed by atoms with Crippen molar-refractivity contribution in [3.8, 4) is 5.75 Å². The molecule has 14 heavy (non-hydrogen) atoms. The first kappa shape index (κ1) is 16.0. The molecule has 0 heterocycles. The summed E-state index contributed by atoms with van der Waals surface area (Å²) >= 11 is -2.47. The van der Waals surface area contributed by atoms with Crippen molar-refractivity contribution in [3.05, 3.63) is 49.9 Å². The molecule has 0 fully saturated rings. The second kappa shape index (κ2) is 10.6. The largest absolute Gasteiger partial charge is 2.00 e. The monoisotopic (exact) mass is 222 g/mol. The number of allylic oxidation sites excluding steroid dienone is 1. The fourth-order valence-electron chi connectivity index (χ4n) is 0.555. The molecular weight excluding hydrogens is 212 g/mol. The number of para-hydroxylation sites is 1. The Morgan fingerprint density at radius 3 is 2.21 bits per heavy atom. The average molecular weight is 223 g/mol. The molecule has 0 radical (unpaired) electrons. The molecule has 1 unspecified atom stereocenters. The fraction of sp³-hybridized carbons (Fsp3) is 0. The summed E-state index contributed by atoms with van der Waals surface area (Å²) in [5.74, 6) is 0.329. The Morgan fingerprint density at radius 2 is 1.86 bits per heavy atom. The first-order valence-corrected chi connectivity index (χ1v) is 4.43. The average Bonchev–Trinajstić information content (AvgIpc) is 2.06. The third-order valence-electron chi connectivity index (χ3n) is 0.907. The minimum absolute atomic E-state index is 0. The van der Waals surface area contributed by atoms with Gasteiger partial charge in [0.05, 0.1) is 0 Å². The molecule has 0 bridgehead atoms. The number of hydrogen-bond donors (Lipinski definition) is 0. The van der Waals surface area contributed by atoms with Gasteiger partial charge in [0, 0.05) is 0 Å². The SMILES string of the molecule is C=C[CH2-].O=S([O-])Oc1ccccc1.[Mg+2]. The third kappa shape index (κ3) is 9.59. The van der Waals surface area contributed by atoms with E-state index in [4.69, 9.17) is 0 Å². The van der Waals surface area contributed by atoms with Crippen LogP contribution in [-0.2, 0) is 11.4 Å². The van der Waals surface area contributed by atoms with Crippen LogP contribution in [0.15, 0.2) is 43.0 Å². The molecule has 0 N–H and O–H groups in total. The maximum atomic E-state index is 9.95. The van der Waals surface area contributed by atoms with E-state index < -0.39 is 11.4 Å². The van der Waals surface area contributed by atoms with Gasteiger partial charge in [0.1, 0.15) is 17.1 Å². The third-order valence-corrected chi connectivity index (χ3v) is 1.24. The first-order valence-electron chi connectivity index (χ1n) is 3.43. The van der Waals surface area contributed by atoms with Crippen LogP contribution < -0.4 is 4.18 Å². The summed E-state index contributed by atoms with van der Waals surface area (Å²) in [7, 11) is 0. The van der Waals surface area contributed by atoms with E-state index in [0.717, 1.165) is 0 Å². The van der Waals surface area contributed by atoms with Gasteiger partial charge in [0.15, 0.2) is 0 Å². The molecule has 1 atom stereocenters. The van der Waals surface area contributed by atoms with Crippen LogP contribution in [0.1, 0.15) is 0 Å². The maximum Gasteiger partial charge on any atom is 2.00 e. The van der Waals surface area contributed by atoms with Crippen molar-refractivity contribution in [2.75, 3.05) is 0 Å². The van der Waals surface area contributed by atoms with E-state index in [0.29, 0.717) is 5.75 Å². The number of benzene rings is 1. The van der Waals surface area contributed by atoms with Crippen molar-refractivity contribution in [3.63, 3.8) is 0 Å². The van der Waals surface area contributed by atoms with Crippen molar-refractivity contribution >= 4 is 34.4 Å². The zero-order valence-corrected chi connectivity index (χ0v) is 9.95.